The molecule has 112 valence electrons. The van der Waals surface area contributed by atoms with Gasteiger partial charge in [-0.05, 0) is 31.0 Å². The van der Waals surface area contributed by atoms with E-state index < -0.39 is 0 Å². The molecule has 1 N–H and O–H groups in total. The minimum Gasteiger partial charge on any atom is -0.457 e. The number of nitrogens with one attached hydrogen (secondary N) is 1. The number of pyridine rings is 1. The maximum Gasteiger partial charge on any atom is 0.135 e. The van der Waals surface area contributed by atoms with Crippen molar-refractivity contribution in [3.05, 3.63) is 53.3 Å². The molecule has 1 aromatic carbocycles. The second kappa shape index (κ2) is 7.23. The lowest BCUT2D eigenvalue weighted by Crippen LogP contribution is -2.22. The van der Waals surface area contributed by atoms with E-state index in [2.05, 4.69) is 43.2 Å². The van der Waals surface area contributed by atoms with Gasteiger partial charge < -0.3 is 10.1 Å². The van der Waals surface area contributed by atoms with Crippen molar-refractivity contribution in [1.82, 2.24) is 10.3 Å². The van der Waals surface area contributed by atoms with Gasteiger partial charge in [0, 0.05) is 36.1 Å². The quantitative estimate of drug-likeness (QED) is 0.861. The molecule has 0 spiro atoms. The Morgan fingerprint density at radius 2 is 2.05 bits per heavy atom. The second-order valence-electron chi connectivity index (χ2n) is 5.57. The smallest absolute Gasteiger partial charge is 0.135 e. The molecule has 0 bridgehead atoms. The van der Waals surface area contributed by atoms with Crippen LogP contribution in [0.2, 0.25) is 0 Å². The first-order valence-corrected chi connectivity index (χ1v) is 7.54. The monoisotopic (exact) mass is 284 g/mol. The van der Waals surface area contributed by atoms with Crippen molar-refractivity contribution in [3.8, 4) is 11.5 Å². The van der Waals surface area contributed by atoms with Crippen LogP contribution in [0.1, 0.15) is 37.6 Å². The summed E-state index contributed by atoms with van der Waals surface area (Å²) in [7, 11) is 0. The summed E-state index contributed by atoms with van der Waals surface area (Å²) < 4.78 is 6.09. The number of benzene rings is 1. The molecule has 3 heteroatoms. The Bertz CT molecular complexity index is 594. The van der Waals surface area contributed by atoms with Crippen LogP contribution in [0.15, 0.2) is 36.5 Å². The Morgan fingerprint density at radius 1 is 1.24 bits per heavy atom. The predicted octanol–water partition coefficient (Wildman–Crippen LogP) is 4.24. The summed E-state index contributed by atoms with van der Waals surface area (Å²) in [6, 6.07) is 10.7. The zero-order valence-electron chi connectivity index (χ0n) is 13.3. The van der Waals surface area contributed by atoms with Gasteiger partial charge in [0.25, 0.3) is 0 Å². The molecule has 2 aromatic rings. The van der Waals surface area contributed by atoms with E-state index in [1.807, 2.05) is 31.3 Å². The third-order valence-corrected chi connectivity index (χ3v) is 3.32. The molecule has 0 atom stereocenters. The van der Waals surface area contributed by atoms with E-state index in [0.29, 0.717) is 6.04 Å². The molecule has 0 fully saturated rings. The summed E-state index contributed by atoms with van der Waals surface area (Å²) in [5.41, 5.74) is 3.32. The molecule has 21 heavy (non-hydrogen) atoms. The van der Waals surface area contributed by atoms with Gasteiger partial charge in [0.2, 0.25) is 0 Å². The number of ether oxygens (including phenoxy) is 1. The lowest BCUT2D eigenvalue weighted by molar-refractivity contribution is 0.467. The predicted molar refractivity (Wildman–Crippen MR) is 86.8 cm³/mol. The van der Waals surface area contributed by atoms with E-state index in [1.54, 1.807) is 0 Å². The SMILES string of the molecule is CCc1cccc(Oc2cc(C)ncc2CNC(C)C)c1. The number of rotatable bonds is 6. The number of aryl methyl sites for hydroxylation is 2. The van der Waals surface area contributed by atoms with Gasteiger partial charge in [0.1, 0.15) is 11.5 Å². The van der Waals surface area contributed by atoms with Gasteiger partial charge >= 0.3 is 0 Å². The van der Waals surface area contributed by atoms with Crippen LogP contribution in [0.3, 0.4) is 0 Å². The lowest BCUT2D eigenvalue weighted by atomic mass is 10.1. The minimum absolute atomic E-state index is 0.433. The molecule has 2 rings (SSSR count). The fraction of sp³-hybridized carbons (Fsp3) is 0.389. The van der Waals surface area contributed by atoms with Gasteiger partial charge in [0.15, 0.2) is 0 Å². The van der Waals surface area contributed by atoms with Crippen molar-refractivity contribution < 1.29 is 4.74 Å². The van der Waals surface area contributed by atoms with E-state index in [9.17, 15) is 0 Å². The van der Waals surface area contributed by atoms with Crippen LogP contribution < -0.4 is 10.1 Å². The third kappa shape index (κ3) is 4.57. The van der Waals surface area contributed by atoms with Crippen molar-refractivity contribution in [2.24, 2.45) is 0 Å². The van der Waals surface area contributed by atoms with Gasteiger partial charge in [-0.25, -0.2) is 0 Å². The molecule has 1 aromatic heterocycles. The highest BCUT2D eigenvalue weighted by Crippen LogP contribution is 2.26. The molecule has 1 heterocycles. The van der Waals surface area contributed by atoms with Crippen molar-refractivity contribution in [2.45, 2.75) is 46.7 Å². The zero-order valence-corrected chi connectivity index (χ0v) is 13.3. The highest BCUT2D eigenvalue weighted by atomic mass is 16.5. The Hall–Kier alpha value is -1.87. The average molecular weight is 284 g/mol. The molecule has 0 radical (unpaired) electrons. The highest BCUT2D eigenvalue weighted by molar-refractivity contribution is 5.38. The van der Waals surface area contributed by atoms with Crippen LogP contribution in [-0.2, 0) is 13.0 Å². The van der Waals surface area contributed by atoms with Crippen LogP contribution in [0, 0.1) is 6.92 Å². The van der Waals surface area contributed by atoms with Crippen molar-refractivity contribution >= 4 is 0 Å². The van der Waals surface area contributed by atoms with E-state index in [-0.39, 0.29) is 0 Å². The fourth-order valence-electron chi connectivity index (χ4n) is 2.06. The Labute approximate surface area is 127 Å². The van der Waals surface area contributed by atoms with Gasteiger partial charge in [-0.3, -0.25) is 4.98 Å². The average Bonchev–Trinajstić information content (AvgIpc) is 2.46. The van der Waals surface area contributed by atoms with E-state index >= 15 is 0 Å². The van der Waals surface area contributed by atoms with Crippen molar-refractivity contribution in [1.29, 1.82) is 0 Å². The fourth-order valence-corrected chi connectivity index (χ4v) is 2.06. The summed E-state index contributed by atoms with van der Waals surface area (Å²) >= 11 is 0. The first-order chi connectivity index (χ1) is 10.1. The summed E-state index contributed by atoms with van der Waals surface area (Å²) in [4.78, 5) is 4.37. The number of hydrogen-bond acceptors (Lipinski definition) is 3. The molecule has 0 saturated carbocycles. The Balaban J connectivity index is 2.22. The maximum absolute atomic E-state index is 6.09. The van der Waals surface area contributed by atoms with Crippen LogP contribution in [0.5, 0.6) is 11.5 Å². The van der Waals surface area contributed by atoms with E-state index in [0.717, 1.165) is 35.7 Å². The topological polar surface area (TPSA) is 34.1 Å². The molecule has 0 unspecified atom stereocenters. The molecule has 0 saturated heterocycles. The number of aromatic nitrogens is 1. The second-order valence-corrected chi connectivity index (χ2v) is 5.57. The summed E-state index contributed by atoms with van der Waals surface area (Å²) in [5.74, 6) is 1.76. The van der Waals surface area contributed by atoms with Crippen LogP contribution in [0.4, 0.5) is 0 Å². The van der Waals surface area contributed by atoms with Gasteiger partial charge in [-0.2, -0.15) is 0 Å². The van der Waals surface area contributed by atoms with Gasteiger partial charge in [0.05, 0.1) is 0 Å². The molecule has 0 aliphatic rings. The van der Waals surface area contributed by atoms with Crippen molar-refractivity contribution in [3.63, 3.8) is 0 Å². The van der Waals surface area contributed by atoms with Crippen molar-refractivity contribution in [2.75, 3.05) is 0 Å². The molecular weight excluding hydrogens is 260 g/mol. The van der Waals surface area contributed by atoms with Crippen LogP contribution >= 0.6 is 0 Å². The third-order valence-electron chi connectivity index (χ3n) is 3.32. The van der Waals surface area contributed by atoms with Gasteiger partial charge in [-0.15, -0.1) is 0 Å². The summed E-state index contributed by atoms with van der Waals surface area (Å²) in [6.45, 7) is 9.15. The Kier molecular flexibility index (Phi) is 5.34. The normalized spacial score (nSPS) is 10.9. The highest BCUT2D eigenvalue weighted by Gasteiger charge is 2.07. The molecule has 0 aliphatic heterocycles. The molecule has 0 amide bonds. The summed E-state index contributed by atoms with van der Waals surface area (Å²) in [5, 5.41) is 3.41. The number of nitrogens with zero attached hydrogens (tertiary/aromatic N) is 1. The van der Waals surface area contributed by atoms with Crippen LogP contribution in [-0.4, -0.2) is 11.0 Å². The largest absolute Gasteiger partial charge is 0.457 e. The Morgan fingerprint density at radius 3 is 2.76 bits per heavy atom. The van der Waals surface area contributed by atoms with E-state index in [4.69, 9.17) is 4.74 Å². The minimum atomic E-state index is 0.433. The first-order valence-electron chi connectivity index (χ1n) is 7.54. The molecule has 0 aliphatic carbocycles. The molecular formula is C18H24N2O. The number of hydrogen-bond donors (Lipinski definition) is 1. The van der Waals surface area contributed by atoms with E-state index in [1.165, 1.54) is 5.56 Å². The standard InChI is InChI=1S/C18H24N2O/c1-5-15-7-6-8-17(10-15)21-18-9-14(4)20-12-16(18)11-19-13(2)3/h6-10,12-13,19H,5,11H2,1-4H3. The van der Waals surface area contributed by atoms with Gasteiger partial charge in [-0.1, -0.05) is 32.9 Å². The maximum atomic E-state index is 6.09. The van der Waals surface area contributed by atoms with Crippen LogP contribution in [0.25, 0.3) is 0 Å². The first kappa shape index (κ1) is 15.5. The molecule has 3 nitrogen and oxygen atoms in total. The zero-order chi connectivity index (χ0) is 15.2. The summed E-state index contributed by atoms with van der Waals surface area (Å²) in [6.07, 6.45) is 2.90. The lowest BCUT2D eigenvalue weighted by Gasteiger charge is -2.14.